The molecular formula is C18H24N2O5. The highest BCUT2D eigenvalue weighted by molar-refractivity contribution is 5.70. The Balaban J connectivity index is 2.55. The van der Waals surface area contributed by atoms with Crippen molar-refractivity contribution in [2.24, 2.45) is 0 Å². The van der Waals surface area contributed by atoms with E-state index in [4.69, 9.17) is 19.8 Å². The molecule has 0 amide bonds. The molecule has 0 fully saturated rings. The molecule has 1 aromatic carbocycles. The van der Waals surface area contributed by atoms with E-state index in [9.17, 15) is 9.59 Å². The Hall–Kier alpha value is -2.59. The van der Waals surface area contributed by atoms with Gasteiger partial charge in [0.15, 0.2) is 0 Å². The number of aliphatic carboxylic acids is 1. The minimum absolute atomic E-state index is 0.156. The van der Waals surface area contributed by atoms with Crippen molar-refractivity contribution in [1.82, 2.24) is 0 Å². The molecule has 0 spiro atoms. The fourth-order valence-corrected chi connectivity index (χ4v) is 2.26. The number of esters is 1. The number of carboxylic acids is 1. The maximum Gasteiger partial charge on any atom is 0.309 e. The van der Waals surface area contributed by atoms with Crippen molar-refractivity contribution in [2.45, 2.75) is 45.8 Å². The summed E-state index contributed by atoms with van der Waals surface area (Å²) < 4.78 is 10.3. The molecule has 0 saturated carbocycles. The van der Waals surface area contributed by atoms with Crippen molar-refractivity contribution >= 4 is 17.6 Å². The fourth-order valence-electron chi connectivity index (χ4n) is 2.26. The van der Waals surface area contributed by atoms with Gasteiger partial charge in [-0.05, 0) is 30.5 Å². The van der Waals surface area contributed by atoms with Gasteiger partial charge in [-0.1, -0.05) is 19.1 Å². The minimum atomic E-state index is -1.10. The maximum atomic E-state index is 11.3. The van der Waals surface area contributed by atoms with Crippen LogP contribution in [0.4, 0.5) is 5.69 Å². The summed E-state index contributed by atoms with van der Waals surface area (Å²) in [7, 11) is 0. The molecule has 1 rings (SSSR count). The number of nitrogens with one attached hydrogen (secondary N) is 1. The van der Waals surface area contributed by atoms with Crippen LogP contribution < -0.4 is 5.32 Å². The van der Waals surface area contributed by atoms with E-state index in [1.54, 1.807) is 6.92 Å². The monoisotopic (exact) mass is 348 g/mol. The van der Waals surface area contributed by atoms with E-state index >= 15 is 0 Å². The average Bonchev–Trinajstić information content (AvgIpc) is 2.57. The molecular weight excluding hydrogens is 324 g/mol. The smallest absolute Gasteiger partial charge is 0.309 e. The van der Waals surface area contributed by atoms with Crippen LogP contribution in [-0.4, -0.2) is 36.5 Å². The number of hydrogen-bond acceptors (Lipinski definition) is 6. The van der Waals surface area contributed by atoms with Crippen LogP contribution in [0.1, 0.15) is 37.3 Å². The zero-order valence-corrected chi connectivity index (χ0v) is 14.6. The van der Waals surface area contributed by atoms with Gasteiger partial charge in [0.05, 0.1) is 12.7 Å². The summed E-state index contributed by atoms with van der Waals surface area (Å²) >= 11 is 0. The number of anilines is 1. The number of rotatable bonds is 11. The second-order valence-corrected chi connectivity index (χ2v) is 5.43. The van der Waals surface area contributed by atoms with Crippen LogP contribution in [0.2, 0.25) is 0 Å². The highest BCUT2D eigenvalue weighted by atomic mass is 16.7. The summed E-state index contributed by atoms with van der Waals surface area (Å²) in [6, 6.07) is 7.97. The Bertz CT molecular complexity index is 624. The molecule has 0 aliphatic rings. The van der Waals surface area contributed by atoms with E-state index in [-0.39, 0.29) is 13.0 Å². The zero-order chi connectivity index (χ0) is 18.7. The zero-order valence-electron chi connectivity index (χ0n) is 14.6. The molecule has 2 N–H and O–H groups in total. The molecule has 7 nitrogen and oxygen atoms in total. The van der Waals surface area contributed by atoms with Gasteiger partial charge in [0.25, 0.3) is 0 Å². The summed E-state index contributed by atoms with van der Waals surface area (Å²) in [5.41, 5.74) is 3.09. The lowest BCUT2D eigenvalue weighted by Gasteiger charge is -2.18. The summed E-state index contributed by atoms with van der Waals surface area (Å²) in [6.45, 7) is 4.22. The Morgan fingerprint density at radius 1 is 1.40 bits per heavy atom. The predicted molar refractivity (Wildman–Crippen MR) is 92.0 cm³/mol. The Morgan fingerprint density at radius 3 is 2.80 bits per heavy atom. The number of nitriles is 1. The van der Waals surface area contributed by atoms with Crippen LogP contribution in [0.15, 0.2) is 18.2 Å². The van der Waals surface area contributed by atoms with Gasteiger partial charge in [-0.15, -0.1) is 0 Å². The van der Waals surface area contributed by atoms with Crippen molar-refractivity contribution in [3.63, 3.8) is 0 Å². The minimum Gasteiger partial charge on any atom is -0.481 e. The summed E-state index contributed by atoms with van der Waals surface area (Å²) in [5, 5.41) is 20.8. The summed E-state index contributed by atoms with van der Waals surface area (Å²) in [4.78, 5) is 22.1. The van der Waals surface area contributed by atoms with Gasteiger partial charge in [0, 0.05) is 25.1 Å². The van der Waals surface area contributed by atoms with E-state index < -0.39 is 24.6 Å². The van der Waals surface area contributed by atoms with Gasteiger partial charge in [0.2, 0.25) is 6.29 Å². The molecule has 1 aromatic rings. The topological polar surface area (TPSA) is 109 Å². The van der Waals surface area contributed by atoms with Crippen LogP contribution >= 0.6 is 0 Å². The number of benzene rings is 1. The third-order valence-corrected chi connectivity index (χ3v) is 3.51. The number of carboxylic acid groups (broad SMARTS) is 1. The molecule has 0 radical (unpaired) electrons. The molecule has 0 aliphatic heterocycles. The van der Waals surface area contributed by atoms with Crippen LogP contribution in [0, 0.1) is 18.3 Å². The number of nitrogens with zero attached hydrogens (tertiary/aromatic N) is 1. The average molecular weight is 348 g/mol. The van der Waals surface area contributed by atoms with Crippen LogP contribution in [-0.2, 0) is 25.5 Å². The van der Waals surface area contributed by atoms with Crippen molar-refractivity contribution in [3.8, 4) is 6.07 Å². The number of hydrogen-bond donors (Lipinski definition) is 2. The lowest BCUT2D eigenvalue weighted by Crippen LogP contribution is -2.26. The summed E-state index contributed by atoms with van der Waals surface area (Å²) in [6.07, 6.45) is -0.249. The Labute approximate surface area is 147 Å². The first-order chi connectivity index (χ1) is 12.0. The van der Waals surface area contributed by atoms with Gasteiger partial charge in [-0.3, -0.25) is 9.59 Å². The largest absolute Gasteiger partial charge is 0.481 e. The highest BCUT2D eigenvalue weighted by Crippen LogP contribution is 2.21. The Kier molecular flexibility index (Phi) is 9.04. The van der Waals surface area contributed by atoms with Crippen molar-refractivity contribution in [2.75, 3.05) is 18.5 Å². The third kappa shape index (κ3) is 7.68. The van der Waals surface area contributed by atoms with Crippen molar-refractivity contribution in [3.05, 3.63) is 29.3 Å². The van der Waals surface area contributed by atoms with Gasteiger partial charge in [0.1, 0.15) is 6.42 Å². The quantitative estimate of drug-likeness (QED) is 0.359. The van der Waals surface area contributed by atoms with Crippen molar-refractivity contribution in [1.29, 1.82) is 5.26 Å². The predicted octanol–water partition coefficient (Wildman–Crippen LogP) is 2.63. The molecule has 7 heteroatoms. The van der Waals surface area contributed by atoms with Crippen LogP contribution in [0.5, 0.6) is 0 Å². The van der Waals surface area contributed by atoms with E-state index in [0.717, 1.165) is 16.8 Å². The lowest BCUT2D eigenvalue weighted by atomic mass is 10.0. The Morgan fingerprint density at radius 2 is 2.16 bits per heavy atom. The van der Waals surface area contributed by atoms with E-state index in [1.165, 1.54) is 0 Å². The van der Waals surface area contributed by atoms with Gasteiger partial charge in [-0.2, -0.15) is 5.26 Å². The number of carbonyl (C=O) groups is 2. The van der Waals surface area contributed by atoms with Crippen LogP contribution in [0.25, 0.3) is 0 Å². The first-order valence-corrected chi connectivity index (χ1v) is 8.20. The first kappa shape index (κ1) is 20.5. The number of carbonyl (C=O) groups excluding carboxylic acids is 1. The molecule has 0 heterocycles. The van der Waals surface area contributed by atoms with Crippen molar-refractivity contribution < 1.29 is 24.2 Å². The standard InChI is InChI=1S/C18H24N2O5/c1-3-17(23)25-18(12-16(21)22)24-11-10-20-15-8-4-6-13(2)14(15)7-5-9-19/h4,6,8,18,20H,3,5,7,10-12H2,1-2H3,(H,21,22). The molecule has 0 bridgehead atoms. The van der Waals surface area contributed by atoms with E-state index in [0.29, 0.717) is 19.4 Å². The summed E-state index contributed by atoms with van der Waals surface area (Å²) in [5.74, 6) is -1.60. The third-order valence-electron chi connectivity index (χ3n) is 3.51. The van der Waals surface area contributed by atoms with E-state index in [1.807, 2.05) is 25.1 Å². The normalized spacial score (nSPS) is 11.4. The number of aryl methyl sites for hydroxylation is 1. The second-order valence-electron chi connectivity index (χ2n) is 5.43. The van der Waals surface area contributed by atoms with E-state index in [2.05, 4.69) is 11.4 Å². The molecule has 1 unspecified atom stereocenters. The molecule has 1 atom stereocenters. The van der Waals surface area contributed by atoms with Gasteiger partial charge < -0.3 is 19.9 Å². The van der Waals surface area contributed by atoms with Crippen LogP contribution in [0.3, 0.4) is 0 Å². The maximum absolute atomic E-state index is 11.3. The highest BCUT2D eigenvalue weighted by Gasteiger charge is 2.17. The molecule has 25 heavy (non-hydrogen) atoms. The van der Waals surface area contributed by atoms with Gasteiger partial charge in [-0.25, -0.2) is 0 Å². The SMILES string of the molecule is CCC(=O)OC(CC(=O)O)OCCNc1cccc(C)c1CCC#N. The first-order valence-electron chi connectivity index (χ1n) is 8.20. The molecule has 0 aliphatic carbocycles. The fraction of sp³-hybridized carbons (Fsp3) is 0.500. The molecule has 0 aromatic heterocycles. The second kappa shape index (κ2) is 11.0. The van der Waals surface area contributed by atoms with Gasteiger partial charge >= 0.3 is 11.9 Å². The molecule has 136 valence electrons. The lowest BCUT2D eigenvalue weighted by molar-refractivity contribution is -0.183. The number of ether oxygens (including phenoxy) is 2. The molecule has 0 saturated heterocycles.